The van der Waals surface area contributed by atoms with E-state index in [0.717, 1.165) is 93.7 Å². The number of rotatable bonds is 11. The quantitative estimate of drug-likeness (QED) is 0.400. The maximum absolute atomic E-state index is 14.3. The highest BCUT2D eigenvalue weighted by atomic mass is 19.1. The Morgan fingerprint density at radius 2 is 2.14 bits per heavy atom. The Kier molecular flexibility index (Phi) is 8.85. The third kappa shape index (κ3) is 6.57. The molecular formula is C30H40FN3O3. The number of nitrogens with zero attached hydrogens (tertiary/aromatic N) is 2. The molecule has 5 rings (SSSR count). The summed E-state index contributed by atoms with van der Waals surface area (Å²) in [7, 11) is 0. The van der Waals surface area contributed by atoms with Gasteiger partial charge in [-0.25, -0.2) is 9.37 Å². The van der Waals surface area contributed by atoms with Crippen molar-refractivity contribution < 1.29 is 18.7 Å². The molecule has 0 unspecified atom stereocenters. The molecule has 6 nitrogen and oxygen atoms in total. The molecule has 0 bridgehead atoms. The summed E-state index contributed by atoms with van der Waals surface area (Å²) >= 11 is 0. The van der Waals surface area contributed by atoms with Gasteiger partial charge in [0.15, 0.2) is 5.78 Å². The van der Waals surface area contributed by atoms with Crippen LogP contribution in [0.3, 0.4) is 0 Å². The zero-order chi connectivity index (χ0) is 25.6. The SMILES string of the molecule is CC(=O)[C@H](c1cc(F)ccc1[C@@H]1CCCO1)N1CC[C@@H](OCCCCCc2ccc3c(n2)NCCC3)C1. The molecule has 2 fully saturated rings. The summed E-state index contributed by atoms with van der Waals surface area (Å²) in [5.74, 6) is 0.802. The molecule has 0 saturated carbocycles. The lowest BCUT2D eigenvalue weighted by atomic mass is 9.92. The number of anilines is 1. The Morgan fingerprint density at radius 3 is 2.97 bits per heavy atom. The second-order valence-corrected chi connectivity index (χ2v) is 10.7. The minimum Gasteiger partial charge on any atom is -0.377 e. The van der Waals surface area contributed by atoms with Crippen molar-refractivity contribution in [2.24, 2.45) is 0 Å². The zero-order valence-electron chi connectivity index (χ0n) is 22.0. The molecule has 3 atom stereocenters. The number of carbonyl (C=O) groups is 1. The predicted molar refractivity (Wildman–Crippen MR) is 142 cm³/mol. The molecule has 0 amide bonds. The largest absolute Gasteiger partial charge is 0.377 e. The molecule has 0 radical (unpaired) electrons. The summed E-state index contributed by atoms with van der Waals surface area (Å²) in [4.78, 5) is 19.7. The van der Waals surface area contributed by atoms with E-state index in [1.54, 1.807) is 13.0 Å². The number of ketones is 1. The van der Waals surface area contributed by atoms with E-state index in [2.05, 4.69) is 22.3 Å². The van der Waals surface area contributed by atoms with Crippen LogP contribution in [0.5, 0.6) is 0 Å². The van der Waals surface area contributed by atoms with E-state index in [4.69, 9.17) is 14.5 Å². The highest BCUT2D eigenvalue weighted by Crippen LogP contribution is 2.37. The van der Waals surface area contributed by atoms with Gasteiger partial charge in [-0.1, -0.05) is 18.6 Å². The van der Waals surface area contributed by atoms with E-state index in [1.807, 2.05) is 0 Å². The molecule has 0 spiro atoms. The molecule has 37 heavy (non-hydrogen) atoms. The first kappa shape index (κ1) is 26.3. The van der Waals surface area contributed by atoms with Crippen LogP contribution in [0.25, 0.3) is 0 Å². The fourth-order valence-electron chi connectivity index (χ4n) is 6.04. The highest BCUT2D eigenvalue weighted by Gasteiger charge is 2.35. The molecule has 3 aliphatic heterocycles. The van der Waals surface area contributed by atoms with Crippen molar-refractivity contribution in [3.63, 3.8) is 0 Å². The lowest BCUT2D eigenvalue weighted by Crippen LogP contribution is -2.33. The molecule has 0 aliphatic carbocycles. The second-order valence-electron chi connectivity index (χ2n) is 10.7. The van der Waals surface area contributed by atoms with Crippen LogP contribution in [0.4, 0.5) is 10.2 Å². The van der Waals surface area contributed by atoms with E-state index in [1.165, 1.54) is 24.1 Å². The van der Waals surface area contributed by atoms with Gasteiger partial charge >= 0.3 is 0 Å². The van der Waals surface area contributed by atoms with Crippen molar-refractivity contribution in [3.8, 4) is 0 Å². The number of Topliss-reactive ketones (excluding diaryl/α,β-unsaturated/α-hetero) is 1. The number of ether oxygens (including phenoxy) is 2. The minimum atomic E-state index is -0.456. The number of hydrogen-bond acceptors (Lipinski definition) is 6. The number of benzene rings is 1. The van der Waals surface area contributed by atoms with Gasteiger partial charge < -0.3 is 14.8 Å². The molecular weight excluding hydrogens is 469 g/mol. The van der Waals surface area contributed by atoms with Crippen molar-refractivity contribution in [3.05, 3.63) is 58.5 Å². The van der Waals surface area contributed by atoms with Crippen LogP contribution in [0.2, 0.25) is 0 Å². The van der Waals surface area contributed by atoms with Crippen LogP contribution in [0, 0.1) is 5.82 Å². The molecule has 1 aromatic heterocycles. The maximum Gasteiger partial charge on any atom is 0.151 e. The first-order valence-electron chi connectivity index (χ1n) is 14.1. The Labute approximate surface area is 219 Å². The topological polar surface area (TPSA) is 63.7 Å². The molecule has 2 saturated heterocycles. The minimum absolute atomic E-state index is 0.0384. The average molecular weight is 510 g/mol. The molecule has 1 aromatic carbocycles. The molecule has 4 heterocycles. The number of unbranched alkanes of at least 4 members (excludes halogenated alkanes) is 2. The fraction of sp³-hybridized carbons (Fsp3) is 0.600. The van der Waals surface area contributed by atoms with Crippen LogP contribution in [0.15, 0.2) is 30.3 Å². The maximum atomic E-state index is 14.3. The number of aromatic nitrogens is 1. The van der Waals surface area contributed by atoms with E-state index >= 15 is 0 Å². The molecule has 2 aromatic rings. The van der Waals surface area contributed by atoms with E-state index < -0.39 is 6.04 Å². The van der Waals surface area contributed by atoms with Gasteiger partial charge in [-0.05, 0) is 93.2 Å². The summed E-state index contributed by atoms with van der Waals surface area (Å²) in [6.45, 7) is 5.53. The highest BCUT2D eigenvalue weighted by molar-refractivity contribution is 5.83. The van der Waals surface area contributed by atoms with E-state index in [0.29, 0.717) is 13.2 Å². The first-order valence-corrected chi connectivity index (χ1v) is 14.1. The van der Waals surface area contributed by atoms with Gasteiger partial charge in [-0.15, -0.1) is 0 Å². The number of nitrogens with one attached hydrogen (secondary N) is 1. The normalized spacial score (nSPS) is 22.5. The molecule has 1 N–H and O–H groups in total. The predicted octanol–water partition coefficient (Wildman–Crippen LogP) is 5.56. The van der Waals surface area contributed by atoms with Crippen molar-refractivity contribution in [1.82, 2.24) is 9.88 Å². The zero-order valence-corrected chi connectivity index (χ0v) is 22.0. The number of hydrogen-bond donors (Lipinski definition) is 1. The van der Waals surface area contributed by atoms with Gasteiger partial charge in [0.25, 0.3) is 0 Å². The van der Waals surface area contributed by atoms with Gasteiger partial charge in [-0.2, -0.15) is 0 Å². The van der Waals surface area contributed by atoms with E-state index in [-0.39, 0.29) is 23.8 Å². The van der Waals surface area contributed by atoms with E-state index in [9.17, 15) is 9.18 Å². The number of fused-ring (bicyclic) bond motifs is 1. The molecule has 200 valence electrons. The number of likely N-dealkylation sites (tertiary alicyclic amines) is 1. The smallest absolute Gasteiger partial charge is 0.151 e. The first-order chi connectivity index (χ1) is 18.1. The van der Waals surface area contributed by atoms with Crippen molar-refractivity contribution in [2.45, 2.75) is 83.0 Å². The summed E-state index contributed by atoms with van der Waals surface area (Å²) in [6, 6.07) is 8.75. The summed E-state index contributed by atoms with van der Waals surface area (Å²) in [5, 5.41) is 3.41. The fourth-order valence-corrected chi connectivity index (χ4v) is 6.04. The average Bonchev–Trinajstić information content (AvgIpc) is 3.59. The number of halogens is 1. The van der Waals surface area contributed by atoms with Crippen molar-refractivity contribution in [1.29, 1.82) is 0 Å². The lowest BCUT2D eigenvalue weighted by molar-refractivity contribution is -0.122. The second kappa shape index (κ2) is 12.5. The Hall–Kier alpha value is -2.35. The van der Waals surface area contributed by atoms with Crippen molar-refractivity contribution in [2.75, 3.05) is 38.2 Å². The summed E-state index contributed by atoms with van der Waals surface area (Å²) in [6.07, 6.45) is 9.37. The third-order valence-electron chi connectivity index (χ3n) is 7.93. The van der Waals surface area contributed by atoms with Crippen LogP contribution in [0.1, 0.15) is 86.4 Å². The van der Waals surface area contributed by atoms with Gasteiger partial charge in [0.05, 0.1) is 18.2 Å². The van der Waals surface area contributed by atoms with Crippen LogP contribution in [-0.2, 0) is 27.1 Å². The molecule has 3 aliphatic rings. The van der Waals surface area contributed by atoms with Gasteiger partial charge in [-0.3, -0.25) is 9.69 Å². The van der Waals surface area contributed by atoms with Crippen molar-refractivity contribution >= 4 is 11.6 Å². The Morgan fingerprint density at radius 1 is 1.22 bits per heavy atom. The standard InChI is InChI=1S/C30H40FN3O3/c1-21(35)29(27-19-23(31)11-13-26(27)28-9-6-18-37-28)34-16-14-25(20-34)36-17-4-2-3-8-24-12-10-22-7-5-15-32-30(22)33-24/h10-13,19,25,28-29H,2-9,14-18,20H2,1H3,(H,32,33)/t25-,28+,29-/m1/s1. The van der Waals surface area contributed by atoms with Gasteiger partial charge in [0, 0.05) is 38.5 Å². The summed E-state index contributed by atoms with van der Waals surface area (Å²) in [5.41, 5.74) is 4.20. The Bertz CT molecular complexity index is 1070. The molecule has 7 heteroatoms. The van der Waals surface area contributed by atoms with Crippen LogP contribution < -0.4 is 5.32 Å². The number of pyridine rings is 1. The Balaban J connectivity index is 1.08. The number of carbonyl (C=O) groups excluding carboxylic acids is 1. The summed E-state index contributed by atoms with van der Waals surface area (Å²) < 4.78 is 26.4. The van der Waals surface area contributed by atoms with Gasteiger partial charge in [0.2, 0.25) is 0 Å². The van der Waals surface area contributed by atoms with Gasteiger partial charge in [0.1, 0.15) is 11.6 Å². The van der Waals surface area contributed by atoms with Crippen LogP contribution >= 0.6 is 0 Å². The van der Waals surface area contributed by atoms with Crippen LogP contribution in [-0.4, -0.2) is 54.6 Å². The number of aryl methyl sites for hydroxylation is 2. The third-order valence-corrected chi connectivity index (χ3v) is 7.93. The lowest BCUT2D eigenvalue weighted by Gasteiger charge is -2.29. The monoisotopic (exact) mass is 509 g/mol.